The highest BCUT2D eigenvalue weighted by molar-refractivity contribution is 5.52. The van der Waals surface area contributed by atoms with Crippen molar-refractivity contribution in [3.63, 3.8) is 0 Å². The summed E-state index contributed by atoms with van der Waals surface area (Å²) < 4.78 is 2.12. The first kappa shape index (κ1) is 10.6. The Morgan fingerprint density at radius 3 is 3.00 bits per heavy atom. The zero-order valence-electron chi connectivity index (χ0n) is 9.89. The Morgan fingerprint density at radius 1 is 1.35 bits per heavy atom. The summed E-state index contributed by atoms with van der Waals surface area (Å²) in [6.07, 6.45) is 7.45. The molecule has 0 aliphatic carbocycles. The van der Waals surface area contributed by atoms with Crippen LogP contribution in [0, 0.1) is 5.92 Å². The molecule has 0 spiro atoms. The predicted octanol–water partition coefficient (Wildman–Crippen LogP) is 1.46. The van der Waals surface area contributed by atoms with E-state index in [0.29, 0.717) is 0 Å². The molecule has 2 aromatic heterocycles. The minimum absolute atomic E-state index is 0.753. The number of pyridine rings is 1. The van der Waals surface area contributed by atoms with E-state index in [2.05, 4.69) is 14.7 Å². The average Bonchev–Trinajstić information content (AvgIpc) is 2.73. The van der Waals surface area contributed by atoms with Crippen LogP contribution in [-0.4, -0.2) is 22.5 Å². The van der Waals surface area contributed by atoms with Crippen LogP contribution in [0.3, 0.4) is 0 Å². The smallest absolute Gasteiger partial charge is 0.113 e. The molecule has 1 saturated heterocycles. The highest BCUT2D eigenvalue weighted by Crippen LogP contribution is 2.19. The first-order valence-corrected chi connectivity index (χ1v) is 6.25. The van der Waals surface area contributed by atoms with E-state index >= 15 is 0 Å². The van der Waals surface area contributed by atoms with E-state index < -0.39 is 0 Å². The van der Waals surface area contributed by atoms with E-state index in [9.17, 15) is 0 Å². The normalized spacial score (nSPS) is 17.6. The molecule has 3 heterocycles. The molecular weight excluding hydrogens is 212 g/mol. The number of imidazole rings is 1. The largest absolute Gasteiger partial charge is 0.398 e. The van der Waals surface area contributed by atoms with E-state index in [0.717, 1.165) is 42.5 Å². The van der Waals surface area contributed by atoms with Gasteiger partial charge in [0.1, 0.15) is 5.82 Å². The Bertz CT molecular complexity index is 511. The third-order valence-corrected chi connectivity index (χ3v) is 3.56. The third-order valence-electron chi connectivity index (χ3n) is 3.56. The van der Waals surface area contributed by atoms with Crippen LogP contribution in [0.25, 0.3) is 5.52 Å². The summed E-state index contributed by atoms with van der Waals surface area (Å²) in [5.74, 6) is 1.89. The number of nitrogens with zero attached hydrogens (tertiary/aromatic N) is 2. The molecule has 0 unspecified atom stereocenters. The van der Waals surface area contributed by atoms with E-state index in [1.165, 1.54) is 12.8 Å². The Balaban J connectivity index is 1.86. The van der Waals surface area contributed by atoms with Gasteiger partial charge in [-0.05, 0) is 44.0 Å². The molecule has 2 aromatic rings. The zero-order chi connectivity index (χ0) is 11.7. The van der Waals surface area contributed by atoms with Crippen LogP contribution in [0.15, 0.2) is 24.5 Å². The Morgan fingerprint density at radius 2 is 2.18 bits per heavy atom. The van der Waals surface area contributed by atoms with Crippen molar-refractivity contribution in [3.05, 3.63) is 30.4 Å². The van der Waals surface area contributed by atoms with Crippen LogP contribution in [0.5, 0.6) is 0 Å². The number of fused-ring (bicyclic) bond motifs is 1. The molecule has 0 radical (unpaired) electrons. The second-order valence-electron chi connectivity index (χ2n) is 4.83. The molecule has 1 aliphatic rings. The minimum Gasteiger partial charge on any atom is -0.398 e. The quantitative estimate of drug-likeness (QED) is 0.821. The van der Waals surface area contributed by atoms with Crippen molar-refractivity contribution >= 4 is 11.2 Å². The number of rotatable bonds is 2. The number of nitrogens with two attached hydrogens (primary N) is 1. The van der Waals surface area contributed by atoms with Gasteiger partial charge in [0.05, 0.1) is 11.7 Å². The van der Waals surface area contributed by atoms with Gasteiger partial charge in [-0.15, -0.1) is 0 Å². The lowest BCUT2D eigenvalue weighted by atomic mass is 9.94. The second-order valence-corrected chi connectivity index (χ2v) is 4.83. The molecule has 3 rings (SSSR count). The molecule has 4 nitrogen and oxygen atoms in total. The van der Waals surface area contributed by atoms with Gasteiger partial charge in [-0.1, -0.05) is 0 Å². The molecule has 3 N–H and O–H groups in total. The van der Waals surface area contributed by atoms with E-state index in [1.54, 1.807) is 0 Å². The van der Waals surface area contributed by atoms with Gasteiger partial charge in [0.15, 0.2) is 0 Å². The van der Waals surface area contributed by atoms with Crippen molar-refractivity contribution in [3.8, 4) is 0 Å². The van der Waals surface area contributed by atoms with Crippen molar-refractivity contribution in [1.29, 1.82) is 0 Å². The first-order chi connectivity index (χ1) is 8.33. The van der Waals surface area contributed by atoms with Gasteiger partial charge in [0, 0.05) is 18.3 Å². The minimum atomic E-state index is 0.753. The van der Waals surface area contributed by atoms with Crippen LogP contribution in [-0.2, 0) is 6.42 Å². The molecule has 0 atom stereocenters. The molecule has 17 heavy (non-hydrogen) atoms. The lowest BCUT2D eigenvalue weighted by Crippen LogP contribution is -2.29. The topological polar surface area (TPSA) is 55.3 Å². The monoisotopic (exact) mass is 230 g/mol. The maximum atomic E-state index is 5.83. The molecule has 0 aromatic carbocycles. The average molecular weight is 230 g/mol. The third kappa shape index (κ3) is 2.13. The molecule has 4 heteroatoms. The van der Waals surface area contributed by atoms with Gasteiger partial charge in [0.2, 0.25) is 0 Å². The van der Waals surface area contributed by atoms with Gasteiger partial charge >= 0.3 is 0 Å². The summed E-state index contributed by atoms with van der Waals surface area (Å²) in [7, 11) is 0. The SMILES string of the molecule is Nc1ccc2cnc(CC3CCNCC3)n2c1. The molecule has 0 amide bonds. The number of hydrogen-bond donors (Lipinski definition) is 2. The number of aromatic nitrogens is 2. The maximum absolute atomic E-state index is 5.83. The Kier molecular flexibility index (Phi) is 2.73. The summed E-state index contributed by atoms with van der Waals surface area (Å²) in [6, 6.07) is 3.94. The fourth-order valence-corrected chi connectivity index (χ4v) is 2.56. The summed E-state index contributed by atoms with van der Waals surface area (Å²) in [5.41, 5.74) is 7.75. The molecular formula is C13H18N4. The fraction of sp³-hybridized carbons (Fsp3) is 0.462. The number of anilines is 1. The zero-order valence-corrected chi connectivity index (χ0v) is 9.89. The Labute approximate surface area is 101 Å². The molecule has 90 valence electrons. The number of nitrogen functional groups attached to an aromatic ring is 1. The summed E-state index contributed by atoms with van der Waals surface area (Å²) >= 11 is 0. The van der Waals surface area contributed by atoms with Gasteiger partial charge < -0.3 is 15.5 Å². The van der Waals surface area contributed by atoms with Crippen molar-refractivity contribution in [1.82, 2.24) is 14.7 Å². The van der Waals surface area contributed by atoms with E-state index in [1.807, 2.05) is 24.5 Å². The van der Waals surface area contributed by atoms with Crippen LogP contribution >= 0.6 is 0 Å². The van der Waals surface area contributed by atoms with Crippen molar-refractivity contribution in [2.24, 2.45) is 5.92 Å². The number of hydrogen-bond acceptors (Lipinski definition) is 3. The maximum Gasteiger partial charge on any atom is 0.113 e. The number of piperidine rings is 1. The van der Waals surface area contributed by atoms with E-state index in [-0.39, 0.29) is 0 Å². The van der Waals surface area contributed by atoms with Gasteiger partial charge in [0.25, 0.3) is 0 Å². The summed E-state index contributed by atoms with van der Waals surface area (Å²) in [5, 5.41) is 3.39. The summed E-state index contributed by atoms with van der Waals surface area (Å²) in [6.45, 7) is 2.27. The van der Waals surface area contributed by atoms with Crippen LogP contribution in [0.1, 0.15) is 18.7 Å². The van der Waals surface area contributed by atoms with Crippen LogP contribution in [0.2, 0.25) is 0 Å². The van der Waals surface area contributed by atoms with Gasteiger partial charge in [-0.2, -0.15) is 0 Å². The Hall–Kier alpha value is -1.55. The fourth-order valence-electron chi connectivity index (χ4n) is 2.56. The number of nitrogens with one attached hydrogen (secondary N) is 1. The molecule has 1 fully saturated rings. The lowest BCUT2D eigenvalue weighted by Gasteiger charge is -2.21. The highest BCUT2D eigenvalue weighted by Gasteiger charge is 2.16. The van der Waals surface area contributed by atoms with Crippen molar-refractivity contribution in [2.45, 2.75) is 19.3 Å². The van der Waals surface area contributed by atoms with E-state index in [4.69, 9.17) is 5.73 Å². The highest BCUT2D eigenvalue weighted by atomic mass is 15.0. The van der Waals surface area contributed by atoms with Crippen LogP contribution < -0.4 is 11.1 Å². The van der Waals surface area contributed by atoms with Crippen LogP contribution in [0.4, 0.5) is 5.69 Å². The summed E-state index contributed by atoms with van der Waals surface area (Å²) in [4.78, 5) is 4.52. The molecule has 0 saturated carbocycles. The molecule has 1 aliphatic heterocycles. The van der Waals surface area contributed by atoms with Gasteiger partial charge in [-0.25, -0.2) is 4.98 Å². The standard InChI is InChI=1S/C13H18N4/c14-11-1-2-12-8-16-13(17(12)9-11)7-10-3-5-15-6-4-10/h1-2,8-10,15H,3-7,14H2. The predicted molar refractivity (Wildman–Crippen MR) is 68.9 cm³/mol. The lowest BCUT2D eigenvalue weighted by molar-refractivity contribution is 0.367. The second kappa shape index (κ2) is 4.37. The first-order valence-electron chi connectivity index (χ1n) is 6.25. The van der Waals surface area contributed by atoms with Gasteiger partial charge in [-0.3, -0.25) is 0 Å². The van der Waals surface area contributed by atoms with Crippen molar-refractivity contribution in [2.75, 3.05) is 18.8 Å². The molecule has 0 bridgehead atoms. The van der Waals surface area contributed by atoms with Crippen molar-refractivity contribution < 1.29 is 0 Å².